The minimum absolute atomic E-state index is 0.567. The van der Waals surface area contributed by atoms with E-state index in [0.717, 1.165) is 11.1 Å². The molecule has 0 aliphatic carbocycles. The van der Waals surface area contributed by atoms with E-state index in [2.05, 4.69) is 37.0 Å². The molecule has 1 aromatic carbocycles. The van der Waals surface area contributed by atoms with Crippen molar-refractivity contribution < 1.29 is 9.84 Å². The van der Waals surface area contributed by atoms with Crippen LogP contribution in [0.15, 0.2) is 36.7 Å². The number of methoxy groups -OCH3 is 1. The van der Waals surface area contributed by atoms with Gasteiger partial charge in [0.1, 0.15) is 5.75 Å². The van der Waals surface area contributed by atoms with Crippen LogP contribution in [0.1, 0.15) is 28.4 Å². The Labute approximate surface area is 113 Å². The molecule has 2 rings (SSSR count). The highest BCUT2D eigenvalue weighted by Gasteiger charge is 2.11. The molecule has 19 heavy (non-hydrogen) atoms. The Morgan fingerprint density at radius 2 is 2.00 bits per heavy atom. The zero-order chi connectivity index (χ0) is 13.8. The predicted octanol–water partition coefficient (Wildman–Crippen LogP) is 2.98. The Balaban J connectivity index is 2.20. The molecule has 0 aliphatic rings. The van der Waals surface area contributed by atoms with Crippen LogP contribution in [0.5, 0.6) is 5.75 Å². The quantitative estimate of drug-likeness (QED) is 0.915. The highest BCUT2D eigenvalue weighted by atomic mass is 16.5. The van der Waals surface area contributed by atoms with Crippen LogP contribution < -0.4 is 4.74 Å². The van der Waals surface area contributed by atoms with Gasteiger partial charge in [0, 0.05) is 18.2 Å². The summed E-state index contributed by atoms with van der Waals surface area (Å²) in [4.78, 5) is 4.07. The molecule has 100 valence electrons. The van der Waals surface area contributed by atoms with Gasteiger partial charge in [-0.1, -0.05) is 23.8 Å². The van der Waals surface area contributed by atoms with Gasteiger partial charge in [-0.3, -0.25) is 4.98 Å². The van der Waals surface area contributed by atoms with E-state index in [1.165, 1.54) is 11.1 Å². The summed E-state index contributed by atoms with van der Waals surface area (Å²) in [6.45, 7) is 4.12. The third kappa shape index (κ3) is 3.32. The minimum atomic E-state index is -0.567. The normalized spacial score (nSPS) is 12.2. The van der Waals surface area contributed by atoms with Gasteiger partial charge < -0.3 is 9.84 Å². The first-order chi connectivity index (χ1) is 9.10. The molecule has 0 amide bonds. The van der Waals surface area contributed by atoms with Crippen molar-refractivity contribution in [1.82, 2.24) is 4.98 Å². The fourth-order valence-electron chi connectivity index (χ4n) is 2.08. The number of hydrogen-bond acceptors (Lipinski definition) is 3. The summed E-state index contributed by atoms with van der Waals surface area (Å²) in [6.07, 6.45) is 3.33. The summed E-state index contributed by atoms with van der Waals surface area (Å²) in [7, 11) is 1.60. The van der Waals surface area contributed by atoms with Gasteiger partial charge in [-0.2, -0.15) is 0 Å². The van der Waals surface area contributed by atoms with Gasteiger partial charge in [0.2, 0.25) is 0 Å². The molecule has 3 heteroatoms. The molecule has 0 radical (unpaired) electrons. The van der Waals surface area contributed by atoms with Crippen molar-refractivity contribution in [2.24, 2.45) is 0 Å². The van der Waals surface area contributed by atoms with Gasteiger partial charge >= 0.3 is 0 Å². The maximum atomic E-state index is 10.3. The number of rotatable bonds is 4. The molecule has 1 atom stereocenters. The highest BCUT2D eigenvalue weighted by Crippen LogP contribution is 2.23. The van der Waals surface area contributed by atoms with Crippen molar-refractivity contribution in [3.05, 3.63) is 58.9 Å². The Bertz CT molecular complexity index is 566. The Kier molecular flexibility index (Phi) is 4.17. The fourth-order valence-corrected chi connectivity index (χ4v) is 2.08. The van der Waals surface area contributed by atoms with Crippen molar-refractivity contribution in [1.29, 1.82) is 0 Å². The van der Waals surface area contributed by atoms with E-state index >= 15 is 0 Å². The topological polar surface area (TPSA) is 42.4 Å². The lowest BCUT2D eigenvalue weighted by Crippen LogP contribution is -2.04. The zero-order valence-electron chi connectivity index (χ0n) is 11.6. The number of aliphatic hydroxyl groups is 1. The second-order valence-electron chi connectivity index (χ2n) is 4.81. The van der Waals surface area contributed by atoms with E-state index in [1.807, 2.05) is 6.07 Å². The van der Waals surface area contributed by atoms with Crippen LogP contribution in [-0.2, 0) is 6.42 Å². The smallest absolute Gasteiger partial charge is 0.137 e. The molecule has 1 heterocycles. The molecule has 0 saturated carbocycles. The molecule has 0 aliphatic heterocycles. The monoisotopic (exact) mass is 257 g/mol. The molecular formula is C16H19NO2. The zero-order valence-corrected chi connectivity index (χ0v) is 11.6. The van der Waals surface area contributed by atoms with Crippen molar-refractivity contribution >= 4 is 0 Å². The number of nitrogens with zero attached hydrogens (tertiary/aromatic N) is 1. The maximum Gasteiger partial charge on any atom is 0.137 e. The number of aliphatic hydroxyl groups excluding tert-OH is 1. The van der Waals surface area contributed by atoms with Crippen molar-refractivity contribution in [2.45, 2.75) is 26.4 Å². The first-order valence-electron chi connectivity index (χ1n) is 6.33. The Morgan fingerprint density at radius 3 is 2.74 bits per heavy atom. The summed E-state index contributed by atoms with van der Waals surface area (Å²) in [5.41, 5.74) is 4.34. The van der Waals surface area contributed by atoms with Crippen LogP contribution in [0.4, 0.5) is 0 Å². The van der Waals surface area contributed by atoms with Gasteiger partial charge in [-0.05, 0) is 31.0 Å². The lowest BCUT2D eigenvalue weighted by Gasteiger charge is -2.14. The number of aromatic nitrogens is 1. The summed E-state index contributed by atoms with van der Waals surface area (Å²) < 4.78 is 5.12. The maximum absolute atomic E-state index is 10.3. The van der Waals surface area contributed by atoms with E-state index < -0.39 is 6.10 Å². The standard InChI is InChI=1S/C16H19NO2/c1-11-4-5-12(2)13(6-11)8-16(18)14-7-15(19-3)10-17-9-14/h4-7,9-10,16,18H,8H2,1-3H3. The molecule has 0 spiro atoms. The van der Waals surface area contributed by atoms with Crippen LogP contribution in [0.3, 0.4) is 0 Å². The molecule has 1 aromatic heterocycles. The van der Waals surface area contributed by atoms with Crippen LogP contribution in [0.2, 0.25) is 0 Å². The molecule has 1 N–H and O–H groups in total. The van der Waals surface area contributed by atoms with Gasteiger partial charge in [0.05, 0.1) is 19.4 Å². The molecule has 0 fully saturated rings. The average molecular weight is 257 g/mol. The van der Waals surface area contributed by atoms with Crippen molar-refractivity contribution in [2.75, 3.05) is 7.11 Å². The van der Waals surface area contributed by atoms with Crippen LogP contribution in [0.25, 0.3) is 0 Å². The van der Waals surface area contributed by atoms with Crippen molar-refractivity contribution in [3.63, 3.8) is 0 Å². The van der Waals surface area contributed by atoms with Crippen molar-refractivity contribution in [3.8, 4) is 5.75 Å². The van der Waals surface area contributed by atoms with E-state index in [4.69, 9.17) is 4.74 Å². The largest absolute Gasteiger partial charge is 0.495 e. The number of pyridine rings is 1. The highest BCUT2D eigenvalue weighted by molar-refractivity contribution is 5.33. The fraction of sp³-hybridized carbons (Fsp3) is 0.312. The number of ether oxygens (including phenoxy) is 1. The predicted molar refractivity (Wildman–Crippen MR) is 75.4 cm³/mol. The summed E-state index contributed by atoms with van der Waals surface area (Å²) in [5.74, 6) is 0.664. The molecular weight excluding hydrogens is 238 g/mol. The van der Waals surface area contributed by atoms with E-state index in [9.17, 15) is 5.11 Å². The van der Waals surface area contributed by atoms with Crippen LogP contribution in [-0.4, -0.2) is 17.2 Å². The van der Waals surface area contributed by atoms with Gasteiger partial charge in [-0.25, -0.2) is 0 Å². The Morgan fingerprint density at radius 1 is 1.21 bits per heavy atom. The second kappa shape index (κ2) is 5.85. The summed E-state index contributed by atoms with van der Waals surface area (Å²) >= 11 is 0. The van der Waals surface area contributed by atoms with E-state index in [0.29, 0.717) is 12.2 Å². The number of aryl methyl sites for hydroxylation is 2. The third-order valence-corrected chi connectivity index (χ3v) is 3.27. The number of hydrogen-bond donors (Lipinski definition) is 1. The number of benzene rings is 1. The van der Waals surface area contributed by atoms with E-state index in [1.54, 1.807) is 19.5 Å². The first kappa shape index (κ1) is 13.6. The first-order valence-corrected chi connectivity index (χ1v) is 6.33. The lowest BCUT2D eigenvalue weighted by molar-refractivity contribution is 0.177. The average Bonchev–Trinajstić information content (AvgIpc) is 2.43. The Hall–Kier alpha value is -1.87. The minimum Gasteiger partial charge on any atom is -0.495 e. The second-order valence-corrected chi connectivity index (χ2v) is 4.81. The lowest BCUT2D eigenvalue weighted by atomic mass is 9.97. The van der Waals surface area contributed by atoms with Crippen LogP contribution in [0, 0.1) is 13.8 Å². The molecule has 0 bridgehead atoms. The summed E-state index contributed by atoms with van der Waals surface area (Å²) in [6, 6.07) is 8.11. The van der Waals surface area contributed by atoms with Gasteiger partial charge in [0.25, 0.3) is 0 Å². The van der Waals surface area contributed by atoms with Gasteiger partial charge in [-0.15, -0.1) is 0 Å². The third-order valence-electron chi connectivity index (χ3n) is 3.27. The van der Waals surface area contributed by atoms with Gasteiger partial charge in [0.15, 0.2) is 0 Å². The SMILES string of the molecule is COc1cncc(C(O)Cc2cc(C)ccc2C)c1. The molecule has 2 aromatic rings. The van der Waals surface area contributed by atoms with Crippen LogP contribution >= 0.6 is 0 Å². The molecule has 3 nitrogen and oxygen atoms in total. The molecule has 0 saturated heterocycles. The molecule has 1 unspecified atom stereocenters. The van der Waals surface area contributed by atoms with E-state index in [-0.39, 0.29) is 0 Å². The summed E-state index contributed by atoms with van der Waals surface area (Å²) in [5, 5.41) is 10.3.